The van der Waals surface area contributed by atoms with Crippen LogP contribution in [0.5, 0.6) is 0 Å². The SMILES string of the molecule is CSc1ccc(C)c(C(=O)Nc2ccc(NC(C)=O)cc2)c1. The number of benzene rings is 2. The Morgan fingerprint density at radius 3 is 2.09 bits per heavy atom. The summed E-state index contributed by atoms with van der Waals surface area (Å²) in [5.41, 5.74) is 2.99. The summed E-state index contributed by atoms with van der Waals surface area (Å²) in [6.45, 7) is 3.37. The molecule has 0 saturated heterocycles. The van der Waals surface area contributed by atoms with Crippen LogP contribution in [0.4, 0.5) is 11.4 Å². The lowest BCUT2D eigenvalue weighted by Gasteiger charge is -2.10. The molecular weight excluding hydrogens is 296 g/mol. The number of thioether (sulfide) groups is 1. The molecule has 0 heterocycles. The van der Waals surface area contributed by atoms with Crippen molar-refractivity contribution in [3.05, 3.63) is 53.6 Å². The highest BCUT2D eigenvalue weighted by Crippen LogP contribution is 2.21. The predicted molar refractivity (Wildman–Crippen MR) is 91.7 cm³/mol. The van der Waals surface area contributed by atoms with Crippen LogP contribution in [0.25, 0.3) is 0 Å². The number of anilines is 2. The van der Waals surface area contributed by atoms with Gasteiger partial charge in [0.2, 0.25) is 5.91 Å². The maximum atomic E-state index is 12.4. The number of carbonyl (C=O) groups excluding carboxylic acids is 2. The van der Waals surface area contributed by atoms with Gasteiger partial charge in [-0.15, -0.1) is 11.8 Å². The van der Waals surface area contributed by atoms with Gasteiger partial charge in [-0.25, -0.2) is 0 Å². The molecule has 0 spiro atoms. The van der Waals surface area contributed by atoms with Gasteiger partial charge in [0.1, 0.15) is 0 Å². The van der Waals surface area contributed by atoms with E-state index in [-0.39, 0.29) is 11.8 Å². The Balaban J connectivity index is 2.13. The number of amides is 2. The third-order valence-corrected chi connectivity index (χ3v) is 3.88. The molecule has 0 unspecified atom stereocenters. The van der Waals surface area contributed by atoms with Crippen molar-refractivity contribution in [1.82, 2.24) is 0 Å². The second-order valence-electron chi connectivity index (χ2n) is 4.89. The molecule has 5 heteroatoms. The Bertz CT molecular complexity index is 696. The number of carbonyl (C=O) groups is 2. The highest BCUT2D eigenvalue weighted by atomic mass is 32.2. The Morgan fingerprint density at radius 1 is 0.955 bits per heavy atom. The quantitative estimate of drug-likeness (QED) is 0.841. The molecule has 114 valence electrons. The van der Waals surface area contributed by atoms with Crippen molar-refractivity contribution in [3.63, 3.8) is 0 Å². The first-order valence-corrected chi connectivity index (χ1v) is 8.05. The summed E-state index contributed by atoms with van der Waals surface area (Å²) < 4.78 is 0. The summed E-state index contributed by atoms with van der Waals surface area (Å²) in [5, 5.41) is 5.56. The summed E-state index contributed by atoms with van der Waals surface area (Å²) in [6.07, 6.45) is 1.98. The summed E-state index contributed by atoms with van der Waals surface area (Å²) in [6, 6.07) is 12.9. The second kappa shape index (κ2) is 7.13. The molecule has 0 aromatic heterocycles. The van der Waals surface area contributed by atoms with Crippen LogP contribution in [0.3, 0.4) is 0 Å². The zero-order valence-electron chi connectivity index (χ0n) is 12.8. The molecule has 0 saturated carbocycles. The smallest absolute Gasteiger partial charge is 0.255 e. The Morgan fingerprint density at radius 2 is 1.55 bits per heavy atom. The van der Waals surface area contributed by atoms with Crippen molar-refractivity contribution < 1.29 is 9.59 Å². The average molecular weight is 314 g/mol. The van der Waals surface area contributed by atoms with Gasteiger partial charge in [0.25, 0.3) is 5.91 Å². The van der Waals surface area contributed by atoms with Crippen LogP contribution in [0.2, 0.25) is 0 Å². The van der Waals surface area contributed by atoms with Crippen LogP contribution in [0.15, 0.2) is 47.4 Å². The molecule has 0 bridgehead atoms. The first-order chi connectivity index (χ1) is 10.5. The van der Waals surface area contributed by atoms with Crippen LogP contribution < -0.4 is 10.6 Å². The van der Waals surface area contributed by atoms with Crippen molar-refractivity contribution >= 4 is 35.0 Å². The van der Waals surface area contributed by atoms with Crippen molar-refractivity contribution in [2.24, 2.45) is 0 Å². The number of rotatable bonds is 4. The number of nitrogens with one attached hydrogen (secondary N) is 2. The van der Waals surface area contributed by atoms with Crippen LogP contribution in [-0.4, -0.2) is 18.1 Å². The minimum Gasteiger partial charge on any atom is -0.326 e. The molecular formula is C17H18N2O2S. The van der Waals surface area contributed by atoms with Gasteiger partial charge in [-0.1, -0.05) is 6.07 Å². The van der Waals surface area contributed by atoms with Crippen LogP contribution in [0.1, 0.15) is 22.8 Å². The van der Waals surface area contributed by atoms with Crippen LogP contribution in [0, 0.1) is 6.92 Å². The largest absolute Gasteiger partial charge is 0.326 e. The molecule has 2 N–H and O–H groups in total. The molecule has 2 aromatic carbocycles. The molecule has 0 fully saturated rings. The van der Waals surface area contributed by atoms with E-state index in [1.165, 1.54) is 6.92 Å². The molecule has 4 nitrogen and oxygen atoms in total. The van der Waals surface area contributed by atoms with Gasteiger partial charge in [-0.3, -0.25) is 9.59 Å². The van der Waals surface area contributed by atoms with Crippen molar-refractivity contribution in [1.29, 1.82) is 0 Å². The number of hydrogen-bond donors (Lipinski definition) is 2. The summed E-state index contributed by atoms with van der Waals surface area (Å²) in [4.78, 5) is 24.4. The minimum atomic E-state index is -0.138. The van der Waals surface area contributed by atoms with E-state index in [1.54, 1.807) is 36.0 Å². The first kappa shape index (κ1) is 16.1. The standard InChI is InChI=1S/C17H18N2O2S/c1-11-4-9-15(22-3)10-16(11)17(21)19-14-7-5-13(6-8-14)18-12(2)20/h4-10H,1-3H3,(H,18,20)(H,19,21). The molecule has 0 radical (unpaired) electrons. The zero-order chi connectivity index (χ0) is 16.1. The average Bonchev–Trinajstić information content (AvgIpc) is 2.49. The number of hydrogen-bond acceptors (Lipinski definition) is 3. The predicted octanol–water partition coefficient (Wildman–Crippen LogP) is 3.93. The van der Waals surface area contributed by atoms with Crippen LogP contribution in [-0.2, 0) is 4.79 Å². The van der Waals surface area contributed by atoms with Gasteiger partial charge in [-0.2, -0.15) is 0 Å². The summed E-state index contributed by atoms with van der Waals surface area (Å²) in [7, 11) is 0. The van der Waals surface area contributed by atoms with E-state index < -0.39 is 0 Å². The zero-order valence-corrected chi connectivity index (χ0v) is 13.6. The summed E-state index contributed by atoms with van der Waals surface area (Å²) in [5.74, 6) is -0.262. The fourth-order valence-electron chi connectivity index (χ4n) is 2.01. The Kier molecular flexibility index (Phi) is 5.22. The highest BCUT2D eigenvalue weighted by molar-refractivity contribution is 7.98. The normalized spacial score (nSPS) is 10.1. The van der Waals surface area contributed by atoms with Gasteiger partial charge < -0.3 is 10.6 Å². The molecule has 0 atom stereocenters. The fourth-order valence-corrected chi connectivity index (χ4v) is 2.45. The second-order valence-corrected chi connectivity index (χ2v) is 5.77. The van der Waals surface area contributed by atoms with Gasteiger partial charge in [-0.05, 0) is 55.1 Å². The van der Waals surface area contributed by atoms with Gasteiger partial charge >= 0.3 is 0 Å². The lowest BCUT2D eigenvalue weighted by Crippen LogP contribution is -2.13. The van der Waals surface area contributed by atoms with Crippen molar-refractivity contribution in [2.45, 2.75) is 18.7 Å². The molecule has 22 heavy (non-hydrogen) atoms. The summed E-state index contributed by atoms with van der Waals surface area (Å²) >= 11 is 1.60. The van der Waals surface area contributed by atoms with Gasteiger partial charge in [0.15, 0.2) is 0 Å². The molecule has 0 aliphatic carbocycles. The monoisotopic (exact) mass is 314 g/mol. The minimum absolute atomic E-state index is 0.124. The Hall–Kier alpha value is -2.27. The van der Waals surface area contributed by atoms with Crippen LogP contribution >= 0.6 is 11.8 Å². The van der Waals surface area contributed by atoms with E-state index in [1.807, 2.05) is 31.4 Å². The third kappa shape index (κ3) is 4.11. The Labute approximate surface area is 134 Å². The molecule has 0 aliphatic heterocycles. The van der Waals surface area contributed by atoms with E-state index in [0.29, 0.717) is 16.9 Å². The number of aryl methyl sites for hydroxylation is 1. The fraction of sp³-hybridized carbons (Fsp3) is 0.176. The highest BCUT2D eigenvalue weighted by Gasteiger charge is 2.10. The van der Waals surface area contributed by atoms with E-state index >= 15 is 0 Å². The third-order valence-electron chi connectivity index (χ3n) is 3.15. The topological polar surface area (TPSA) is 58.2 Å². The molecule has 2 amide bonds. The van der Waals surface area contributed by atoms with Crippen molar-refractivity contribution in [2.75, 3.05) is 16.9 Å². The molecule has 2 rings (SSSR count). The van der Waals surface area contributed by atoms with Crippen molar-refractivity contribution in [3.8, 4) is 0 Å². The van der Waals surface area contributed by atoms with E-state index in [0.717, 1.165) is 10.5 Å². The maximum absolute atomic E-state index is 12.4. The van der Waals surface area contributed by atoms with Gasteiger partial charge in [0, 0.05) is 28.8 Å². The van der Waals surface area contributed by atoms with E-state index in [4.69, 9.17) is 0 Å². The van der Waals surface area contributed by atoms with E-state index in [9.17, 15) is 9.59 Å². The van der Waals surface area contributed by atoms with E-state index in [2.05, 4.69) is 10.6 Å². The molecule has 2 aromatic rings. The molecule has 0 aliphatic rings. The maximum Gasteiger partial charge on any atom is 0.255 e. The lowest BCUT2D eigenvalue weighted by molar-refractivity contribution is -0.114. The first-order valence-electron chi connectivity index (χ1n) is 6.83. The van der Waals surface area contributed by atoms with Gasteiger partial charge in [0.05, 0.1) is 0 Å². The lowest BCUT2D eigenvalue weighted by atomic mass is 10.1.